The quantitative estimate of drug-likeness (QED) is 0.410. The van der Waals surface area contributed by atoms with Gasteiger partial charge < -0.3 is 14.2 Å². The molecule has 3 atom stereocenters. The molecule has 0 saturated carbocycles. The monoisotopic (exact) mass is 481 g/mol. The number of hydrogen-bond donors (Lipinski definition) is 0. The Balaban J connectivity index is 1.39. The summed E-state index contributed by atoms with van der Waals surface area (Å²) in [4.78, 5) is 56.5. The van der Waals surface area contributed by atoms with Crippen molar-refractivity contribution in [2.24, 2.45) is 11.8 Å². The number of benzene rings is 3. The highest BCUT2D eigenvalue weighted by molar-refractivity contribution is 6.37. The van der Waals surface area contributed by atoms with E-state index in [-0.39, 0.29) is 11.1 Å². The smallest absolute Gasteiger partial charge is 0.241 e. The lowest BCUT2D eigenvalue weighted by atomic mass is 9.77. The van der Waals surface area contributed by atoms with Crippen LogP contribution in [0.15, 0.2) is 72.8 Å². The Morgan fingerprint density at radius 3 is 2.06 bits per heavy atom. The molecule has 1 aliphatic carbocycles. The maximum absolute atomic E-state index is 14.0. The Hall–Kier alpha value is -4.30. The molecule has 3 aromatic rings. The van der Waals surface area contributed by atoms with Crippen LogP contribution in [0.3, 0.4) is 0 Å². The minimum absolute atomic E-state index is 0.202. The zero-order chi connectivity index (χ0) is 24.6. The van der Waals surface area contributed by atoms with E-state index in [9.17, 15) is 19.2 Å². The van der Waals surface area contributed by atoms with Crippen molar-refractivity contribution in [3.8, 4) is 11.5 Å². The number of ketones is 2. The Labute approximate surface area is 205 Å². The molecule has 0 N–H and O–H groups in total. The summed E-state index contributed by atoms with van der Waals surface area (Å²) < 4.78 is 17.5. The van der Waals surface area contributed by atoms with Crippen molar-refractivity contribution in [2.45, 2.75) is 11.7 Å². The van der Waals surface area contributed by atoms with Gasteiger partial charge in [0.15, 0.2) is 11.5 Å². The Kier molecular flexibility index (Phi) is 4.29. The summed E-state index contributed by atoms with van der Waals surface area (Å²) in [6, 6.07) is 20.2. The molecule has 7 rings (SSSR count). The van der Waals surface area contributed by atoms with E-state index in [0.29, 0.717) is 36.0 Å². The predicted molar refractivity (Wildman–Crippen MR) is 125 cm³/mol. The van der Waals surface area contributed by atoms with Gasteiger partial charge in [0.1, 0.15) is 13.2 Å². The molecule has 0 radical (unpaired) electrons. The second-order valence-corrected chi connectivity index (χ2v) is 9.23. The van der Waals surface area contributed by atoms with Crippen molar-refractivity contribution in [1.82, 2.24) is 0 Å². The van der Waals surface area contributed by atoms with Gasteiger partial charge in [-0.3, -0.25) is 19.2 Å². The average molecular weight is 481 g/mol. The van der Waals surface area contributed by atoms with Gasteiger partial charge in [-0.25, -0.2) is 4.90 Å². The zero-order valence-corrected chi connectivity index (χ0v) is 18.9. The first-order valence-corrected chi connectivity index (χ1v) is 11.7. The summed E-state index contributed by atoms with van der Waals surface area (Å²) in [5, 5.41) is 0. The van der Waals surface area contributed by atoms with E-state index in [1.165, 1.54) is 0 Å². The Bertz CT molecular complexity index is 1450. The number of hydrogen-bond acceptors (Lipinski definition) is 7. The number of Topliss-reactive ketones (excluding diaryl/α,β-unsaturated/α-hetero) is 2. The number of anilines is 1. The van der Waals surface area contributed by atoms with Crippen LogP contribution in [0.2, 0.25) is 0 Å². The van der Waals surface area contributed by atoms with Crippen LogP contribution in [0, 0.1) is 11.8 Å². The third kappa shape index (κ3) is 2.56. The SMILES string of the molecule is O=C1[C@@H]2[C@@H](c3ccccc3)OC3(C(=O)c4ccccc4C3=O)[C@H]2C(=O)N1c1ccc2c(c1)OCCO2. The van der Waals surface area contributed by atoms with Gasteiger partial charge in [-0.15, -0.1) is 0 Å². The fourth-order valence-corrected chi connectivity index (χ4v) is 5.89. The molecule has 8 nitrogen and oxygen atoms in total. The summed E-state index contributed by atoms with van der Waals surface area (Å²) in [5.74, 6) is -3.74. The fraction of sp³-hybridized carbons (Fsp3) is 0.214. The van der Waals surface area contributed by atoms with Crippen LogP contribution in [-0.2, 0) is 14.3 Å². The lowest BCUT2D eigenvalue weighted by Crippen LogP contribution is -2.51. The van der Waals surface area contributed by atoms with Crippen molar-refractivity contribution in [1.29, 1.82) is 0 Å². The molecule has 178 valence electrons. The van der Waals surface area contributed by atoms with Gasteiger partial charge in [0.05, 0.1) is 23.6 Å². The number of rotatable bonds is 2. The lowest BCUT2D eigenvalue weighted by Gasteiger charge is -2.27. The van der Waals surface area contributed by atoms with Crippen LogP contribution in [0.5, 0.6) is 11.5 Å². The summed E-state index contributed by atoms with van der Waals surface area (Å²) >= 11 is 0. The van der Waals surface area contributed by atoms with Gasteiger partial charge in [0.25, 0.3) is 0 Å². The van der Waals surface area contributed by atoms with Crippen LogP contribution in [0.4, 0.5) is 5.69 Å². The van der Waals surface area contributed by atoms with E-state index < -0.39 is 46.9 Å². The molecule has 3 heterocycles. The summed E-state index contributed by atoms with van der Waals surface area (Å²) in [7, 11) is 0. The molecule has 3 aromatic carbocycles. The topological polar surface area (TPSA) is 99.2 Å². The minimum Gasteiger partial charge on any atom is -0.486 e. The van der Waals surface area contributed by atoms with Gasteiger partial charge in [0.2, 0.25) is 29.0 Å². The summed E-state index contributed by atoms with van der Waals surface area (Å²) in [6.45, 7) is 0.749. The molecular weight excluding hydrogens is 462 g/mol. The van der Waals surface area contributed by atoms with E-state index in [4.69, 9.17) is 14.2 Å². The Morgan fingerprint density at radius 1 is 0.722 bits per heavy atom. The first kappa shape index (κ1) is 21.0. The molecule has 2 saturated heterocycles. The third-order valence-corrected chi connectivity index (χ3v) is 7.43. The van der Waals surface area contributed by atoms with Gasteiger partial charge in [-0.05, 0) is 17.7 Å². The van der Waals surface area contributed by atoms with Crippen molar-refractivity contribution >= 4 is 29.1 Å². The van der Waals surface area contributed by atoms with E-state index >= 15 is 0 Å². The maximum atomic E-state index is 14.0. The van der Waals surface area contributed by atoms with Gasteiger partial charge in [-0.2, -0.15) is 0 Å². The number of imide groups is 1. The van der Waals surface area contributed by atoms with E-state index in [1.54, 1.807) is 66.7 Å². The van der Waals surface area contributed by atoms with Gasteiger partial charge in [0, 0.05) is 17.2 Å². The third-order valence-electron chi connectivity index (χ3n) is 7.43. The highest BCUT2D eigenvalue weighted by Crippen LogP contribution is 2.57. The van der Waals surface area contributed by atoms with Crippen LogP contribution >= 0.6 is 0 Å². The van der Waals surface area contributed by atoms with E-state index in [0.717, 1.165) is 4.90 Å². The van der Waals surface area contributed by atoms with Gasteiger partial charge in [-0.1, -0.05) is 54.6 Å². The van der Waals surface area contributed by atoms with Crippen LogP contribution in [0.25, 0.3) is 0 Å². The average Bonchev–Trinajstić information content (AvgIpc) is 3.49. The lowest BCUT2D eigenvalue weighted by molar-refractivity contribution is -0.127. The first-order valence-electron chi connectivity index (χ1n) is 11.7. The summed E-state index contributed by atoms with van der Waals surface area (Å²) in [5.41, 5.74) is -0.780. The number of nitrogens with zero attached hydrogens (tertiary/aromatic N) is 1. The number of fused-ring (bicyclic) bond motifs is 4. The van der Waals surface area contributed by atoms with E-state index in [1.807, 2.05) is 6.07 Å². The van der Waals surface area contributed by atoms with Crippen LogP contribution < -0.4 is 14.4 Å². The molecule has 1 spiro atoms. The number of carbonyl (C=O) groups is 4. The molecule has 36 heavy (non-hydrogen) atoms. The maximum Gasteiger partial charge on any atom is 0.241 e. The normalized spacial score (nSPS) is 25.4. The van der Waals surface area contributed by atoms with Gasteiger partial charge >= 0.3 is 0 Å². The highest BCUT2D eigenvalue weighted by Gasteiger charge is 2.74. The standard InChI is InChI=1S/C28H19NO7/c30-24-17-8-4-5-9-18(17)25(31)28(24)22-21(23(36-28)15-6-2-1-3-7-15)26(32)29(27(22)33)16-10-11-19-20(14-16)35-13-12-34-19/h1-11,14,21-23H,12-13H2/t21-,22+,23+/m0/s1. The first-order chi connectivity index (χ1) is 17.5. The molecular formula is C28H19NO7. The van der Waals surface area contributed by atoms with Crippen molar-refractivity contribution < 1.29 is 33.4 Å². The summed E-state index contributed by atoms with van der Waals surface area (Å²) in [6.07, 6.45) is -0.947. The minimum atomic E-state index is -2.09. The molecule has 0 aromatic heterocycles. The molecule has 4 aliphatic rings. The van der Waals surface area contributed by atoms with Crippen molar-refractivity contribution in [2.75, 3.05) is 18.1 Å². The van der Waals surface area contributed by atoms with Crippen LogP contribution in [0.1, 0.15) is 32.4 Å². The van der Waals surface area contributed by atoms with Crippen molar-refractivity contribution in [3.05, 3.63) is 89.5 Å². The van der Waals surface area contributed by atoms with Crippen molar-refractivity contribution in [3.63, 3.8) is 0 Å². The predicted octanol–water partition coefficient (Wildman–Crippen LogP) is 3.15. The molecule has 2 fully saturated rings. The second kappa shape index (κ2) is 7.35. The fourth-order valence-electron chi connectivity index (χ4n) is 5.89. The number of ether oxygens (including phenoxy) is 3. The highest BCUT2D eigenvalue weighted by atomic mass is 16.6. The molecule has 3 aliphatic heterocycles. The molecule has 0 unspecified atom stereocenters. The molecule has 8 heteroatoms. The Morgan fingerprint density at radius 2 is 1.36 bits per heavy atom. The largest absolute Gasteiger partial charge is 0.486 e. The van der Waals surface area contributed by atoms with E-state index in [2.05, 4.69) is 0 Å². The zero-order valence-electron chi connectivity index (χ0n) is 18.9. The number of amides is 2. The second-order valence-electron chi connectivity index (χ2n) is 9.23. The van der Waals surface area contributed by atoms with Crippen LogP contribution in [-0.4, -0.2) is 42.2 Å². The molecule has 0 bridgehead atoms. The number of carbonyl (C=O) groups excluding carboxylic acids is 4. The molecule has 2 amide bonds.